The molecule has 3 aromatic rings. The molecule has 2 N–H and O–H groups in total. The molecule has 1 unspecified atom stereocenters. The van der Waals surface area contributed by atoms with E-state index < -0.39 is 46.8 Å². The number of hydrogen-bond donors (Lipinski definition) is 2. The quantitative estimate of drug-likeness (QED) is 0.283. The normalized spacial score (nSPS) is 15.1. The molecule has 1 atom stereocenters. The van der Waals surface area contributed by atoms with Crippen LogP contribution in [-0.4, -0.2) is 28.0 Å². The number of thioether (sulfide) groups is 1. The van der Waals surface area contributed by atoms with Gasteiger partial charge in [0.2, 0.25) is 0 Å². The third-order valence-corrected chi connectivity index (χ3v) is 5.77. The monoisotopic (exact) mass is 514 g/mol. The van der Waals surface area contributed by atoms with Crippen molar-refractivity contribution in [3.63, 3.8) is 0 Å². The van der Waals surface area contributed by atoms with Crippen LogP contribution >= 0.6 is 23.4 Å². The molecule has 0 saturated heterocycles. The minimum Gasteiger partial charge on any atom is -0.339 e. The molecule has 2 heterocycles. The number of rotatable bonds is 4. The average molecular weight is 515 g/mol. The Morgan fingerprint density at radius 1 is 1.12 bits per heavy atom. The number of anilines is 1. The van der Waals surface area contributed by atoms with Gasteiger partial charge in [-0.3, -0.25) is 9.59 Å². The van der Waals surface area contributed by atoms with E-state index >= 15 is 0 Å². The fourth-order valence-corrected chi connectivity index (χ4v) is 3.98. The van der Waals surface area contributed by atoms with Gasteiger partial charge in [-0.25, -0.2) is 18.7 Å². The van der Waals surface area contributed by atoms with Crippen LogP contribution in [0.15, 0.2) is 41.6 Å². The molecule has 0 spiro atoms. The minimum absolute atomic E-state index is 0.0381. The van der Waals surface area contributed by atoms with E-state index in [0.717, 1.165) is 23.9 Å². The van der Waals surface area contributed by atoms with E-state index in [1.165, 1.54) is 6.07 Å². The summed E-state index contributed by atoms with van der Waals surface area (Å²) in [7, 11) is 0. The molecular weight excluding hydrogens is 503 g/mol. The first-order valence-corrected chi connectivity index (χ1v) is 11.0. The Hall–Kier alpha value is -3.25. The fourth-order valence-electron chi connectivity index (χ4n) is 3.39. The van der Waals surface area contributed by atoms with Crippen LogP contribution in [0, 0.1) is 11.6 Å². The van der Waals surface area contributed by atoms with Crippen molar-refractivity contribution in [1.82, 2.24) is 15.3 Å². The van der Waals surface area contributed by atoms with Gasteiger partial charge >= 0.3 is 6.18 Å². The molecule has 0 bridgehead atoms. The van der Waals surface area contributed by atoms with Crippen LogP contribution in [0.25, 0.3) is 0 Å². The number of amides is 2. The van der Waals surface area contributed by atoms with Crippen LogP contribution < -0.4 is 10.6 Å². The molecule has 0 aliphatic carbocycles. The summed E-state index contributed by atoms with van der Waals surface area (Å²) in [4.78, 5) is 33.7. The molecule has 1 aromatic heterocycles. The van der Waals surface area contributed by atoms with Crippen molar-refractivity contribution in [2.75, 3.05) is 11.6 Å². The lowest BCUT2D eigenvalue weighted by molar-refractivity contribution is -0.137. The Kier molecular flexibility index (Phi) is 6.21. The molecule has 4 rings (SSSR count). The maximum atomic E-state index is 13.9. The fraction of sp³-hybridized carbons (Fsp3) is 0.143. The number of halogens is 6. The molecule has 0 fully saturated rings. The molecule has 1 aliphatic rings. The van der Waals surface area contributed by atoms with Gasteiger partial charge in [-0.15, -0.1) is 0 Å². The lowest BCUT2D eigenvalue weighted by atomic mass is 10.0. The van der Waals surface area contributed by atoms with Crippen molar-refractivity contribution in [2.24, 2.45) is 0 Å². The summed E-state index contributed by atoms with van der Waals surface area (Å²) in [5.41, 5.74) is -1.92. The summed E-state index contributed by atoms with van der Waals surface area (Å²) >= 11 is 7.22. The Labute approximate surface area is 197 Å². The van der Waals surface area contributed by atoms with Crippen LogP contribution in [0.1, 0.15) is 43.6 Å². The number of alkyl halides is 3. The summed E-state index contributed by atoms with van der Waals surface area (Å²) < 4.78 is 66.9. The predicted octanol–water partition coefficient (Wildman–Crippen LogP) is 5.23. The molecule has 13 heteroatoms. The zero-order chi connectivity index (χ0) is 24.8. The second-order valence-electron chi connectivity index (χ2n) is 7.07. The van der Waals surface area contributed by atoms with Crippen LogP contribution in [-0.2, 0) is 6.18 Å². The summed E-state index contributed by atoms with van der Waals surface area (Å²) in [5, 5.41) is 5.09. The highest BCUT2D eigenvalue weighted by Gasteiger charge is 2.37. The van der Waals surface area contributed by atoms with E-state index in [-0.39, 0.29) is 38.9 Å². The van der Waals surface area contributed by atoms with Crippen molar-refractivity contribution in [2.45, 2.75) is 17.4 Å². The SMILES string of the molecule is CSc1nc(NC(=O)c2cc(F)cc(C(F)(F)F)c2)c2c(n1)C(=O)NC2c1cc(F)ccc1Cl. The molecule has 176 valence electrons. The van der Waals surface area contributed by atoms with Gasteiger partial charge in [0.05, 0.1) is 17.2 Å². The average Bonchev–Trinajstić information content (AvgIpc) is 3.10. The largest absolute Gasteiger partial charge is 0.416 e. The maximum absolute atomic E-state index is 13.9. The van der Waals surface area contributed by atoms with Gasteiger partial charge in [0.25, 0.3) is 11.8 Å². The third-order valence-electron chi connectivity index (χ3n) is 4.88. The smallest absolute Gasteiger partial charge is 0.339 e. The summed E-state index contributed by atoms with van der Waals surface area (Å²) in [6.45, 7) is 0. The molecule has 0 radical (unpaired) electrons. The maximum Gasteiger partial charge on any atom is 0.416 e. The van der Waals surface area contributed by atoms with Crippen molar-refractivity contribution in [1.29, 1.82) is 0 Å². The molecule has 2 amide bonds. The van der Waals surface area contributed by atoms with E-state index in [0.29, 0.717) is 12.1 Å². The lowest BCUT2D eigenvalue weighted by Crippen LogP contribution is -2.21. The summed E-state index contributed by atoms with van der Waals surface area (Å²) in [5.74, 6) is -3.89. The van der Waals surface area contributed by atoms with Crippen molar-refractivity contribution in [3.05, 3.63) is 81.0 Å². The molecule has 2 aromatic carbocycles. The van der Waals surface area contributed by atoms with Crippen LogP contribution in [0.4, 0.5) is 27.8 Å². The first-order chi connectivity index (χ1) is 16.0. The third kappa shape index (κ3) is 4.55. The van der Waals surface area contributed by atoms with Gasteiger partial charge in [0.15, 0.2) is 5.16 Å². The van der Waals surface area contributed by atoms with E-state index in [1.54, 1.807) is 6.26 Å². The zero-order valence-corrected chi connectivity index (χ0v) is 18.5. The van der Waals surface area contributed by atoms with E-state index in [1.807, 2.05) is 0 Å². The zero-order valence-electron chi connectivity index (χ0n) is 16.9. The number of carbonyl (C=O) groups excluding carboxylic acids is 2. The van der Waals surface area contributed by atoms with Gasteiger partial charge < -0.3 is 10.6 Å². The van der Waals surface area contributed by atoms with Gasteiger partial charge in [-0.05, 0) is 42.7 Å². The summed E-state index contributed by atoms with van der Waals surface area (Å²) in [6.07, 6.45) is -3.28. The van der Waals surface area contributed by atoms with Crippen molar-refractivity contribution >= 4 is 41.0 Å². The first kappa shape index (κ1) is 23.9. The molecule has 6 nitrogen and oxygen atoms in total. The molecular formula is C21H12ClF5N4O2S. The van der Waals surface area contributed by atoms with Crippen LogP contribution in [0.3, 0.4) is 0 Å². The van der Waals surface area contributed by atoms with E-state index in [9.17, 15) is 31.5 Å². The highest BCUT2D eigenvalue weighted by molar-refractivity contribution is 7.98. The molecule has 1 aliphatic heterocycles. The Morgan fingerprint density at radius 2 is 1.85 bits per heavy atom. The van der Waals surface area contributed by atoms with Crippen LogP contribution in [0.5, 0.6) is 0 Å². The van der Waals surface area contributed by atoms with Gasteiger partial charge in [-0.2, -0.15) is 13.2 Å². The minimum atomic E-state index is -4.88. The Morgan fingerprint density at radius 3 is 2.53 bits per heavy atom. The van der Waals surface area contributed by atoms with Gasteiger partial charge in [-0.1, -0.05) is 23.4 Å². The highest BCUT2D eigenvalue weighted by atomic mass is 35.5. The number of benzene rings is 2. The predicted molar refractivity (Wildman–Crippen MR) is 114 cm³/mol. The second-order valence-corrected chi connectivity index (χ2v) is 8.25. The van der Waals surface area contributed by atoms with Gasteiger partial charge in [0.1, 0.15) is 23.1 Å². The van der Waals surface area contributed by atoms with Gasteiger partial charge in [0, 0.05) is 16.1 Å². The first-order valence-electron chi connectivity index (χ1n) is 9.39. The topological polar surface area (TPSA) is 84.0 Å². The molecule has 34 heavy (non-hydrogen) atoms. The number of hydrogen-bond acceptors (Lipinski definition) is 5. The van der Waals surface area contributed by atoms with Crippen molar-refractivity contribution < 1.29 is 31.5 Å². The number of fused-ring (bicyclic) bond motifs is 1. The Balaban J connectivity index is 1.81. The number of aromatic nitrogens is 2. The Bertz CT molecular complexity index is 1340. The number of carbonyl (C=O) groups is 2. The summed E-state index contributed by atoms with van der Waals surface area (Å²) in [6, 6.07) is 3.79. The van der Waals surface area contributed by atoms with Crippen molar-refractivity contribution in [3.8, 4) is 0 Å². The lowest BCUT2D eigenvalue weighted by Gasteiger charge is -2.17. The van der Waals surface area contributed by atoms with Crippen LogP contribution in [0.2, 0.25) is 5.02 Å². The number of nitrogens with one attached hydrogen (secondary N) is 2. The second kappa shape index (κ2) is 8.84. The standard InChI is InChI=1S/C21H12ClF5N4O2S/c1-34-20-29-16-14(15(28-19(16)33)12-7-10(23)2-3-13(12)22)17(31-20)30-18(32)8-4-9(21(25,26)27)6-11(24)5-8/h2-7,15H,1H3,(H,28,33)(H,29,30,31,32). The molecule has 0 saturated carbocycles. The highest BCUT2D eigenvalue weighted by Crippen LogP contribution is 2.39. The number of nitrogens with zero attached hydrogens (tertiary/aromatic N) is 2. The van der Waals surface area contributed by atoms with E-state index in [4.69, 9.17) is 11.6 Å². The van der Waals surface area contributed by atoms with E-state index in [2.05, 4.69) is 20.6 Å².